The van der Waals surface area contributed by atoms with Gasteiger partial charge in [-0.1, -0.05) is 18.2 Å². The second kappa shape index (κ2) is 7.32. The molecule has 1 aliphatic heterocycles. The van der Waals surface area contributed by atoms with Crippen LogP contribution in [0.1, 0.15) is 41.4 Å². The van der Waals surface area contributed by atoms with Crippen LogP contribution in [0.5, 0.6) is 5.75 Å². The highest BCUT2D eigenvalue weighted by Gasteiger charge is 2.28. The fourth-order valence-corrected chi connectivity index (χ4v) is 3.79. The van der Waals surface area contributed by atoms with Crippen molar-refractivity contribution in [2.45, 2.75) is 38.3 Å². The number of aromatic nitrogens is 3. The maximum absolute atomic E-state index is 5.31. The Balaban J connectivity index is 1.26. The third kappa shape index (κ3) is 3.62. The molecule has 0 unspecified atom stereocenters. The molecule has 5 nitrogen and oxygen atoms in total. The SMILES string of the molecule is COc1cccc(-c2ccc(CN3CCc4nc(C5CC5)ncc4C3)cn2)c1. The molecule has 1 aliphatic carbocycles. The van der Waals surface area contributed by atoms with E-state index < -0.39 is 0 Å². The minimum atomic E-state index is 0.623. The van der Waals surface area contributed by atoms with Crippen LogP contribution in [0, 0.1) is 0 Å². The number of pyridine rings is 1. The maximum Gasteiger partial charge on any atom is 0.131 e. The van der Waals surface area contributed by atoms with E-state index in [-0.39, 0.29) is 0 Å². The first-order valence-corrected chi connectivity index (χ1v) is 9.95. The molecular weight excluding hydrogens is 348 g/mol. The van der Waals surface area contributed by atoms with Crippen LogP contribution in [0.15, 0.2) is 48.8 Å². The van der Waals surface area contributed by atoms with Gasteiger partial charge in [-0.05, 0) is 36.6 Å². The molecule has 1 saturated carbocycles. The molecule has 5 rings (SSSR count). The Hall–Kier alpha value is -2.79. The first kappa shape index (κ1) is 17.3. The molecule has 28 heavy (non-hydrogen) atoms. The Bertz CT molecular complexity index is 982. The average Bonchev–Trinajstić information content (AvgIpc) is 3.59. The van der Waals surface area contributed by atoms with Crippen molar-refractivity contribution in [2.24, 2.45) is 0 Å². The van der Waals surface area contributed by atoms with Gasteiger partial charge in [-0.3, -0.25) is 9.88 Å². The topological polar surface area (TPSA) is 51.1 Å². The van der Waals surface area contributed by atoms with E-state index in [9.17, 15) is 0 Å². The van der Waals surface area contributed by atoms with Crippen LogP contribution in [-0.4, -0.2) is 33.5 Å². The van der Waals surface area contributed by atoms with Gasteiger partial charge < -0.3 is 4.74 Å². The van der Waals surface area contributed by atoms with E-state index >= 15 is 0 Å². The standard InChI is InChI=1S/C23H24N4O/c1-28-20-4-2-3-18(11-20)21-8-5-16(12-24-21)14-27-10-9-22-19(15-27)13-25-23(26-22)17-6-7-17/h2-5,8,11-13,17H,6-7,9-10,14-15H2,1H3. The summed E-state index contributed by atoms with van der Waals surface area (Å²) in [6, 6.07) is 12.3. The Morgan fingerprint density at radius 3 is 2.82 bits per heavy atom. The summed E-state index contributed by atoms with van der Waals surface area (Å²) in [7, 11) is 1.68. The molecule has 3 aromatic rings. The molecule has 3 heterocycles. The van der Waals surface area contributed by atoms with Crippen molar-refractivity contribution in [3.63, 3.8) is 0 Å². The number of fused-ring (bicyclic) bond motifs is 1. The van der Waals surface area contributed by atoms with Crippen LogP contribution in [0.3, 0.4) is 0 Å². The minimum absolute atomic E-state index is 0.623. The lowest BCUT2D eigenvalue weighted by Crippen LogP contribution is -2.31. The quantitative estimate of drug-likeness (QED) is 0.678. The van der Waals surface area contributed by atoms with Gasteiger partial charge in [0.2, 0.25) is 0 Å². The molecule has 142 valence electrons. The van der Waals surface area contributed by atoms with Crippen molar-refractivity contribution in [2.75, 3.05) is 13.7 Å². The molecule has 0 amide bonds. The van der Waals surface area contributed by atoms with Crippen molar-refractivity contribution < 1.29 is 4.74 Å². The zero-order valence-electron chi connectivity index (χ0n) is 16.1. The fraction of sp³-hybridized carbons (Fsp3) is 0.348. The van der Waals surface area contributed by atoms with E-state index in [0.717, 1.165) is 48.9 Å². The van der Waals surface area contributed by atoms with Crippen LogP contribution in [-0.2, 0) is 19.5 Å². The molecule has 2 aliphatic rings. The smallest absolute Gasteiger partial charge is 0.131 e. The number of methoxy groups -OCH3 is 1. The highest BCUT2D eigenvalue weighted by Crippen LogP contribution is 2.38. The molecule has 5 heteroatoms. The maximum atomic E-state index is 5.31. The summed E-state index contributed by atoms with van der Waals surface area (Å²) in [4.78, 5) is 16.5. The van der Waals surface area contributed by atoms with Gasteiger partial charge in [-0.15, -0.1) is 0 Å². The summed E-state index contributed by atoms with van der Waals surface area (Å²) in [6.45, 7) is 2.85. The molecule has 0 atom stereocenters. The predicted octanol–water partition coefficient (Wildman–Crippen LogP) is 3.98. The van der Waals surface area contributed by atoms with Crippen LogP contribution in [0.25, 0.3) is 11.3 Å². The van der Waals surface area contributed by atoms with Gasteiger partial charge in [0.05, 0.1) is 12.8 Å². The Morgan fingerprint density at radius 1 is 1.11 bits per heavy atom. The number of rotatable bonds is 5. The largest absolute Gasteiger partial charge is 0.497 e. The molecular formula is C23H24N4O. The third-order valence-corrected chi connectivity index (χ3v) is 5.57. The Morgan fingerprint density at radius 2 is 2.04 bits per heavy atom. The molecule has 0 radical (unpaired) electrons. The van der Waals surface area contributed by atoms with Crippen molar-refractivity contribution >= 4 is 0 Å². The number of ether oxygens (including phenoxy) is 1. The van der Waals surface area contributed by atoms with Gasteiger partial charge in [0.1, 0.15) is 11.6 Å². The third-order valence-electron chi connectivity index (χ3n) is 5.57. The average molecular weight is 372 g/mol. The van der Waals surface area contributed by atoms with E-state index in [1.54, 1.807) is 7.11 Å². The van der Waals surface area contributed by atoms with Crippen LogP contribution in [0.2, 0.25) is 0 Å². The molecule has 0 spiro atoms. The van der Waals surface area contributed by atoms with Gasteiger partial charge in [0.15, 0.2) is 0 Å². The van der Waals surface area contributed by atoms with E-state index in [2.05, 4.69) is 33.1 Å². The summed E-state index contributed by atoms with van der Waals surface area (Å²) in [5.41, 5.74) is 5.79. The zero-order valence-corrected chi connectivity index (χ0v) is 16.1. The molecule has 0 saturated heterocycles. The minimum Gasteiger partial charge on any atom is -0.497 e. The van der Waals surface area contributed by atoms with Gasteiger partial charge in [0.25, 0.3) is 0 Å². The second-order valence-corrected chi connectivity index (χ2v) is 7.72. The summed E-state index contributed by atoms with van der Waals surface area (Å²) in [5, 5.41) is 0. The zero-order chi connectivity index (χ0) is 18.9. The molecule has 1 fully saturated rings. The van der Waals surface area contributed by atoms with Crippen molar-refractivity contribution in [1.29, 1.82) is 0 Å². The van der Waals surface area contributed by atoms with Crippen LogP contribution in [0.4, 0.5) is 0 Å². The summed E-state index contributed by atoms with van der Waals surface area (Å²) < 4.78 is 5.31. The first-order chi connectivity index (χ1) is 13.8. The lowest BCUT2D eigenvalue weighted by atomic mass is 10.1. The van der Waals surface area contributed by atoms with Gasteiger partial charge in [-0.25, -0.2) is 9.97 Å². The summed E-state index contributed by atoms with van der Waals surface area (Å²) in [5.74, 6) is 2.53. The second-order valence-electron chi connectivity index (χ2n) is 7.72. The number of nitrogens with zero attached hydrogens (tertiary/aromatic N) is 4. The monoisotopic (exact) mass is 372 g/mol. The van der Waals surface area contributed by atoms with Crippen molar-refractivity contribution in [3.8, 4) is 17.0 Å². The summed E-state index contributed by atoms with van der Waals surface area (Å²) >= 11 is 0. The van der Waals surface area contributed by atoms with Gasteiger partial charge >= 0.3 is 0 Å². The number of hydrogen-bond acceptors (Lipinski definition) is 5. The van der Waals surface area contributed by atoms with Crippen LogP contribution >= 0.6 is 0 Å². The fourth-order valence-electron chi connectivity index (χ4n) is 3.79. The number of hydrogen-bond donors (Lipinski definition) is 0. The lowest BCUT2D eigenvalue weighted by molar-refractivity contribution is 0.242. The molecule has 1 aromatic carbocycles. The Kier molecular flexibility index (Phi) is 4.53. The molecule has 2 aromatic heterocycles. The van der Waals surface area contributed by atoms with E-state index in [0.29, 0.717) is 5.92 Å². The molecule has 0 bridgehead atoms. The number of benzene rings is 1. The Labute approximate surface area is 165 Å². The molecule has 0 N–H and O–H groups in total. The predicted molar refractivity (Wildman–Crippen MR) is 108 cm³/mol. The van der Waals surface area contributed by atoms with E-state index in [4.69, 9.17) is 9.72 Å². The normalized spacial score (nSPS) is 16.6. The van der Waals surface area contributed by atoms with Crippen molar-refractivity contribution in [1.82, 2.24) is 19.9 Å². The summed E-state index contributed by atoms with van der Waals surface area (Å²) in [6.07, 6.45) is 7.55. The van der Waals surface area contributed by atoms with Gasteiger partial charge in [-0.2, -0.15) is 0 Å². The van der Waals surface area contributed by atoms with E-state index in [1.165, 1.54) is 29.7 Å². The van der Waals surface area contributed by atoms with Crippen molar-refractivity contribution in [3.05, 3.63) is 71.4 Å². The highest BCUT2D eigenvalue weighted by atomic mass is 16.5. The first-order valence-electron chi connectivity index (χ1n) is 9.95. The van der Waals surface area contributed by atoms with Crippen LogP contribution < -0.4 is 4.74 Å². The lowest BCUT2D eigenvalue weighted by Gasteiger charge is -2.28. The highest BCUT2D eigenvalue weighted by molar-refractivity contribution is 5.61. The van der Waals surface area contributed by atoms with Gasteiger partial charge in [0, 0.05) is 61.2 Å². The van der Waals surface area contributed by atoms with E-state index in [1.807, 2.05) is 30.6 Å².